The molecule has 1 heterocycles. The summed E-state index contributed by atoms with van der Waals surface area (Å²) in [6, 6.07) is 6.08. The van der Waals surface area contributed by atoms with Gasteiger partial charge in [-0.25, -0.2) is 0 Å². The average molecular weight is 340 g/mol. The van der Waals surface area contributed by atoms with Gasteiger partial charge in [0, 0.05) is 33.7 Å². The van der Waals surface area contributed by atoms with Crippen molar-refractivity contribution >= 4 is 44.1 Å². The standard InChI is InChI=1S/C15H16BrClN2/c1-2-7-18-13-8-12(9-3-4-9)19-15-11(17)6-5-10(16)14(13)15/h5-6,8-9H,2-4,7H2,1H3,(H,18,19). The summed E-state index contributed by atoms with van der Waals surface area (Å²) in [4.78, 5) is 4.76. The third-order valence-corrected chi connectivity index (χ3v) is 4.41. The van der Waals surface area contributed by atoms with Crippen molar-refractivity contribution in [2.24, 2.45) is 0 Å². The van der Waals surface area contributed by atoms with Crippen molar-refractivity contribution in [2.75, 3.05) is 11.9 Å². The van der Waals surface area contributed by atoms with Gasteiger partial charge in [0.1, 0.15) is 0 Å². The van der Waals surface area contributed by atoms with Crippen molar-refractivity contribution in [3.05, 3.63) is 33.4 Å². The molecule has 0 radical (unpaired) electrons. The van der Waals surface area contributed by atoms with Crippen LogP contribution in [0.2, 0.25) is 5.02 Å². The Balaban J connectivity index is 2.20. The highest BCUT2D eigenvalue weighted by atomic mass is 79.9. The summed E-state index contributed by atoms with van der Waals surface area (Å²) in [6.45, 7) is 3.13. The minimum Gasteiger partial charge on any atom is -0.384 e. The molecule has 0 saturated heterocycles. The molecular formula is C15H16BrClN2. The van der Waals surface area contributed by atoms with Gasteiger partial charge in [0.05, 0.1) is 10.5 Å². The molecule has 1 aliphatic rings. The number of halogens is 2. The van der Waals surface area contributed by atoms with Crippen molar-refractivity contribution in [1.29, 1.82) is 0 Å². The van der Waals surface area contributed by atoms with Crippen molar-refractivity contribution < 1.29 is 0 Å². The second-order valence-electron chi connectivity index (χ2n) is 5.05. The lowest BCUT2D eigenvalue weighted by atomic mass is 10.1. The highest BCUT2D eigenvalue weighted by Gasteiger charge is 2.26. The van der Waals surface area contributed by atoms with Gasteiger partial charge in [-0.2, -0.15) is 0 Å². The molecule has 0 amide bonds. The second-order valence-corrected chi connectivity index (χ2v) is 6.31. The van der Waals surface area contributed by atoms with E-state index in [1.54, 1.807) is 0 Å². The highest BCUT2D eigenvalue weighted by Crippen LogP contribution is 2.43. The largest absolute Gasteiger partial charge is 0.384 e. The number of rotatable bonds is 4. The maximum absolute atomic E-state index is 6.32. The number of hydrogen-bond acceptors (Lipinski definition) is 2. The SMILES string of the molecule is CCCNc1cc(C2CC2)nc2c(Cl)ccc(Br)c12. The summed E-state index contributed by atoms with van der Waals surface area (Å²) in [5, 5.41) is 5.31. The molecule has 1 aliphatic carbocycles. The second kappa shape index (κ2) is 5.29. The van der Waals surface area contributed by atoms with Crippen LogP contribution in [0.5, 0.6) is 0 Å². The van der Waals surface area contributed by atoms with Crippen LogP contribution in [0, 0.1) is 0 Å². The molecule has 0 atom stereocenters. The molecule has 1 N–H and O–H groups in total. The van der Waals surface area contributed by atoms with Crippen LogP contribution in [-0.4, -0.2) is 11.5 Å². The molecule has 0 bridgehead atoms. The summed E-state index contributed by atoms with van der Waals surface area (Å²) in [7, 11) is 0. The minimum atomic E-state index is 0.627. The zero-order valence-corrected chi connectivity index (χ0v) is 13.2. The van der Waals surface area contributed by atoms with Crippen molar-refractivity contribution in [3.8, 4) is 0 Å². The van der Waals surface area contributed by atoms with Crippen molar-refractivity contribution in [2.45, 2.75) is 32.1 Å². The Morgan fingerprint density at radius 2 is 2.21 bits per heavy atom. The van der Waals surface area contributed by atoms with Crippen molar-refractivity contribution in [1.82, 2.24) is 4.98 Å². The van der Waals surface area contributed by atoms with Crippen LogP contribution in [0.25, 0.3) is 10.9 Å². The van der Waals surface area contributed by atoms with E-state index in [1.807, 2.05) is 12.1 Å². The highest BCUT2D eigenvalue weighted by molar-refractivity contribution is 9.10. The lowest BCUT2D eigenvalue weighted by Gasteiger charge is -2.13. The Morgan fingerprint density at radius 3 is 2.89 bits per heavy atom. The summed E-state index contributed by atoms with van der Waals surface area (Å²) < 4.78 is 1.04. The van der Waals surface area contributed by atoms with Gasteiger partial charge in [-0.3, -0.25) is 4.98 Å². The lowest BCUT2D eigenvalue weighted by Crippen LogP contribution is -2.03. The van der Waals surface area contributed by atoms with E-state index in [0.717, 1.165) is 39.1 Å². The zero-order chi connectivity index (χ0) is 13.4. The predicted molar refractivity (Wildman–Crippen MR) is 85.2 cm³/mol. The summed E-state index contributed by atoms with van der Waals surface area (Å²) in [6.07, 6.45) is 3.59. The Bertz CT molecular complexity index is 623. The third kappa shape index (κ3) is 2.59. The Hall–Kier alpha value is -0.800. The molecule has 0 unspecified atom stereocenters. The molecular weight excluding hydrogens is 324 g/mol. The summed E-state index contributed by atoms with van der Waals surface area (Å²) in [5.74, 6) is 0.627. The minimum absolute atomic E-state index is 0.627. The topological polar surface area (TPSA) is 24.9 Å². The van der Waals surface area contributed by atoms with Gasteiger partial charge in [-0.1, -0.05) is 34.5 Å². The van der Waals surface area contributed by atoms with Crippen LogP contribution in [-0.2, 0) is 0 Å². The summed E-state index contributed by atoms with van der Waals surface area (Å²) >= 11 is 9.93. The van der Waals surface area contributed by atoms with E-state index in [1.165, 1.54) is 18.5 Å². The van der Waals surface area contributed by atoms with Gasteiger partial charge in [0.15, 0.2) is 0 Å². The fourth-order valence-corrected chi connectivity index (χ4v) is 3.01. The van der Waals surface area contributed by atoms with Crippen LogP contribution < -0.4 is 5.32 Å². The van der Waals surface area contributed by atoms with E-state index in [0.29, 0.717) is 5.92 Å². The van der Waals surface area contributed by atoms with Gasteiger partial charge in [0.25, 0.3) is 0 Å². The third-order valence-electron chi connectivity index (χ3n) is 3.44. The van der Waals surface area contributed by atoms with Gasteiger partial charge in [0.2, 0.25) is 0 Å². The molecule has 3 rings (SSSR count). The first-order chi connectivity index (χ1) is 9.20. The van der Waals surface area contributed by atoms with Gasteiger partial charge < -0.3 is 5.32 Å². The molecule has 1 fully saturated rings. The molecule has 2 aromatic rings. The number of aromatic nitrogens is 1. The molecule has 4 heteroatoms. The Morgan fingerprint density at radius 1 is 1.42 bits per heavy atom. The van der Waals surface area contributed by atoms with Gasteiger partial charge in [-0.15, -0.1) is 0 Å². The van der Waals surface area contributed by atoms with Crippen LogP contribution in [0.1, 0.15) is 37.8 Å². The normalized spacial score (nSPS) is 14.9. The van der Waals surface area contributed by atoms with E-state index >= 15 is 0 Å². The lowest BCUT2D eigenvalue weighted by molar-refractivity contribution is 0.976. The number of nitrogens with zero attached hydrogens (tertiary/aromatic N) is 1. The van der Waals surface area contributed by atoms with Crippen molar-refractivity contribution in [3.63, 3.8) is 0 Å². The van der Waals surface area contributed by atoms with E-state index in [2.05, 4.69) is 34.2 Å². The first kappa shape index (κ1) is 13.2. The van der Waals surface area contributed by atoms with Crippen LogP contribution in [0.3, 0.4) is 0 Å². The maximum atomic E-state index is 6.32. The molecule has 1 aromatic heterocycles. The quantitative estimate of drug-likeness (QED) is 0.812. The van der Waals surface area contributed by atoms with Crippen LogP contribution in [0.4, 0.5) is 5.69 Å². The first-order valence-electron chi connectivity index (χ1n) is 6.73. The molecule has 0 spiro atoms. The number of benzene rings is 1. The summed E-state index contributed by atoms with van der Waals surface area (Å²) in [5.41, 5.74) is 3.22. The monoisotopic (exact) mass is 338 g/mol. The Kier molecular flexibility index (Phi) is 3.68. The molecule has 1 saturated carbocycles. The zero-order valence-electron chi connectivity index (χ0n) is 10.8. The molecule has 19 heavy (non-hydrogen) atoms. The van der Waals surface area contributed by atoms with E-state index in [-0.39, 0.29) is 0 Å². The van der Waals surface area contributed by atoms with Gasteiger partial charge >= 0.3 is 0 Å². The average Bonchev–Trinajstić information content (AvgIpc) is 3.24. The fourth-order valence-electron chi connectivity index (χ4n) is 2.28. The molecule has 1 aromatic carbocycles. The fraction of sp³-hybridized carbons (Fsp3) is 0.400. The molecule has 0 aliphatic heterocycles. The van der Waals surface area contributed by atoms with Crippen LogP contribution >= 0.6 is 27.5 Å². The van der Waals surface area contributed by atoms with Crippen LogP contribution in [0.15, 0.2) is 22.7 Å². The maximum Gasteiger partial charge on any atom is 0.0923 e. The molecule has 100 valence electrons. The van der Waals surface area contributed by atoms with Gasteiger partial charge in [-0.05, 0) is 37.5 Å². The smallest absolute Gasteiger partial charge is 0.0923 e. The molecule has 2 nitrogen and oxygen atoms in total. The van der Waals surface area contributed by atoms with E-state index in [4.69, 9.17) is 16.6 Å². The number of fused-ring (bicyclic) bond motifs is 1. The van der Waals surface area contributed by atoms with E-state index < -0.39 is 0 Å². The first-order valence-corrected chi connectivity index (χ1v) is 7.90. The van der Waals surface area contributed by atoms with E-state index in [9.17, 15) is 0 Å². The number of nitrogens with one attached hydrogen (secondary N) is 1. The Labute approximate surface area is 126 Å². The predicted octanol–water partition coefficient (Wildman–Crippen LogP) is 5.35. The number of pyridine rings is 1. The number of hydrogen-bond donors (Lipinski definition) is 1. The number of anilines is 1.